The molecule has 0 bridgehead atoms. The smallest absolute Gasteiger partial charge is 0.242 e. The fourth-order valence-corrected chi connectivity index (χ4v) is 1.41. The van der Waals surface area contributed by atoms with Gasteiger partial charge in [-0.05, 0) is 27.7 Å². The van der Waals surface area contributed by atoms with Gasteiger partial charge in [-0.1, -0.05) is 6.08 Å². The van der Waals surface area contributed by atoms with Crippen molar-refractivity contribution in [1.29, 1.82) is 0 Å². The second kappa shape index (κ2) is 5.71. The summed E-state index contributed by atoms with van der Waals surface area (Å²) in [5.74, 6) is -0.0570. The normalized spacial score (nSPS) is 12.9. The summed E-state index contributed by atoms with van der Waals surface area (Å²) in [5.41, 5.74) is 0.778. The highest BCUT2D eigenvalue weighted by atomic mass is 16.2. The molecule has 0 saturated heterocycles. The number of carbonyl (C=O) groups excluding carboxylic acids is 1. The van der Waals surface area contributed by atoms with Gasteiger partial charge >= 0.3 is 0 Å². The maximum absolute atomic E-state index is 11.7. The molecular formula is C13H22N4O. The van der Waals surface area contributed by atoms with Crippen LogP contribution in [0.2, 0.25) is 0 Å². The van der Waals surface area contributed by atoms with Gasteiger partial charge in [0.15, 0.2) is 0 Å². The largest absolute Gasteiger partial charge is 0.371 e. The van der Waals surface area contributed by atoms with Gasteiger partial charge in [-0.15, -0.1) is 6.58 Å². The van der Waals surface area contributed by atoms with E-state index in [9.17, 15) is 4.79 Å². The highest BCUT2D eigenvalue weighted by molar-refractivity contribution is 5.84. The molecule has 1 amide bonds. The molecule has 5 nitrogen and oxygen atoms in total. The molecule has 1 aromatic rings. The van der Waals surface area contributed by atoms with Crippen LogP contribution in [-0.4, -0.2) is 28.3 Å². The Kier molecular flexibility index (Phi) is 4.53. The van der Waals surface area contributed by atoms with Crippen LogP contribution < -0.4 is 10.6 Å². The van der Waals surface area contributed by atoms with Crippen LogP contribution >= 0.6 is 0 Å². The fraction of sp³-hybridized carbons (Fsp3) is 0.538. The quantitative estimate of drug-likeness (QED) is 0.783. The third-order valence-electron chi connectivity index (χ3n) is 2.47. The van der Waals surface area contributed by atoms with Crippen molar-refractivity contribution in [2.45, 2.75) is 39.3 Å². The van der Waals surface area contributed by atoms with Crippen LogP contribution in [0.25, 0.3) is 0 Å². The molecule has 1 aromatic heterocycles. The van der Waals surface area contributed by atoms with E-state index in [0.717, 1.165) is 5.69 Å². The molecule has 0 saturated carbocycles. The van der Waals surface area contributed by atoms with Crippen LogP contribution in [0.3, 0.4) is 0 Å². The van der Waals surface area contributed by atoms with E-state index in [1.54, 1.807) is 12.3 Å². The Hall–Kier alpha value is -1.78. The van der Waals surface area contributed by atoms with Gasteiger partial charge in [0.2, 0.25) is 5.91 Å². The summed E-state index contributed by atoms with van der Waals surface area (Å²) in [6, 6.07) is -0.303. The van der Waals surface area contributed by atoms with Gasteiger partial charge < -0.3 is 10.6 Å². The Labute approximate surface area is 108 Å². The average molecular weight is 250 g/mol. The molecule has 18 heavy (non-hydrogen) atoms. The van der Waals surface area contributed by atoms with Gasteiger partial charge in [0.25, 0.3) is 0 Å². The van der Waals surface area contributed by atoms with Crippen molar-refractivity contribution in [2.75, 3.05) is 11.9 Å². The van der Waals surface area contributed by atoms with Crippen molar-refractivity contribution < 1.29 is 4.79 Å². The van der Waals surface area contributed by atoms with E-state index in [-0.39, 0.29) is 17.5 Å². The van der Waals surface area contributed by atoms with E-state index in [2.05, 4.69) is 43.1 Å². The molecule has 0 spiro atoms. The van der Waals surface area contributed by atoms with E-state index in [1.807, 2.05) is 17.8 Å². The first kappa shape index (κ1) is 14.3. The minimum Gasteiger partial charge on any atom is -0.371 e. The molecule has 1 rings (SSSR count). The zero-order chi connectivity index (χ0) is 13.8. The molecule has 0 unspecified atom stereocenters. The van der Waals surface area contributed by atoms with Gasteiger partial charge in [-0.2, -0.15) is 5.10 Å². The number of aromatic nitrogens is 2. The summed E-state index contributed by atoms with van der Waals surface area (Å²) in [7, 11) is 0. The Morgan fingerprint density at radius 3 is 2.78 bits per heavy atom. The lowest BCUT2D eigenvalue weighted by molar-refractivity contribution is -0.121. The zero-order valence-electron chi connectivity index (χ0n) is 11.5. The van der Waals surface area contributed by atoms with Gasteiger partial charge in [-0.25, -0.2) is 0 Å². The summed E-state index contributed by atoms with van der Waals surface area (Å²) < 4.78 is 1.86. The minimum atomic E-state index is -0.303. The lowest BCUT2D eigenvalue weighted by atomic mass is 10.1. The maximum atomic E-state index is 11.7. The Morgan fingerprint density at radius 2 is 2.28 bits per heavy atom. The standard InChI is InChI=1S/C13H22N4O/c1-6-7-14-12(18)10(2)16-11-8-15-17(9-11)13(3,4)5/h6,8-10,16H,1,7H2,2-5H3,(H,14,18)/t10-/m1/s1. The summed E-state index contributed by atoms with van der Waals surface area (Å²) in [4.78, 5) is 11.7. The predicted octanol–water partition coefficient (Wildman–Crippen LogP) is 1.74. The van der Waals surface area contributed by atoms with Crippen molar-refractivity contribution in [3.05, 3.63) is 25.0 Å². The van der Waals surface area contributed by atoms with Crippen molar-refractivity contribution >= 4 is 11.6 Å². The van der Waals surface area contributed by atoms with Crippen LogP contribution in [0.4, 0.5) is 5.69 Å². The van der Waals surface area contributed by atoms with Gasteiger partial charge in [0, 0.05) is 12.7 Å². The number of hydrogen-bond acceptors (Lipinski definition) is 3. The maximum Gasteiger partial charge on any atom is 0.242 e. The van der Waals surface area contributed by atoms with Crippen LogP contribution in [0.1, 0.15) is 27.7 Å². The number of carbonyl (C=O) groups is 1. The first-order chi connectivity index (χ1) is 8.34. The van der Waals surface area contributed by atoms with Gasteiger partial charge in [0.05, 0.1) is 17.4 Å². The summed E-state index contributed by atoms with van der Waals surface area (Å²) in [6.07, 6.45) is 5.28. The van der Waals surface area contributed by atoms with E-state index in [1.165, 1.54) is 0 Å². The summed E-state index contributed by atoms with van der Waals surface area (Å²) in [5, 5.41) is 10.1. The molecule has 2 N–H and O–H groups in total. The number of hydrogen-bond donors (Lipinski definition) is 2. The van der Waals surface area contributed by atoms with E-state index in [0.29, 0.717) is 6.54 Å². The minimum absolute atomic E-state index is 0.0570. The summed E-state index contributed by atoms with van der Waals surface area (Å²) in [6.45, 7) is 12.1. The fourth-order valence-electron chi connectivity index (χ4n) is 1.41. The zero-order valence-corrected chi connectivity index (χ0v) is 11.5. The van der Waals surface area contributed by atoms with E-state index >= 15 is 0 Å². The monoisotopic (exact) mass is 250 g/mol. The molecule has 0 aliphatic carbocycles. The first-order valence-corrected chi connectivity index (χ1v) is 6.05. The Balaban J connectivity index is 2.59. The number of nitrogens with zero attached hydrogens (tertiary/aromatic N) is 2. The first-order valence-electron chi connectivity index (χ1n) is 6.05. The highest BCUT2D eigenvalue weighted by Gasteiger charge is 2.16. The highest BCUT2D eigenvalue weighted by Crippen LogP contribution is 2.16. The van der Waals surface area contributed by atoms with Crippen LogP contribution in [0.5, 0.6) is 0 Å². The van der Waals surface area contributed by atoms with Crippen LogP contribution in [0.15, 0.2) is 25.0 Å². The molecule has 0 aliphatic heterocycles. The SMILES string of the molecule is C=CCNC(=O)[C@@H](C)Nc1cnn(C(C)(C)C)c1. The van der Waals surface area contributed by atoms with Crippen LogP contribution in [0, 0.1) is 0 Å². The third-order valence-corrected chi connectivity index (χ3v) is 2.47. The van der Waals surface area contributed by atoms with Crippen molar-refractivity contribution in [1.82, 2.24) is 15.1 Å². The topological polar surface area (TPSA) is 59.0 Å². The number of nitrogens with one attached hydrogen (secondary N) is 2. The van der Waals surface area contributed by atoms with E-state index in [4.69, 9.17) is 0 Å². The van der Waals surface area contributed by atoms with Gasteiger partial charge in [-0.3, -0.25) is 9.48 Å². The molecule has 1 heterocycles. The second-order valence-electron chi connectivity index (χ2n) is 5.24. The average Bonchev–Trinajstić information content (AvgIpc) is 2.73. The molecule has 0 fully saturated rings. The van der Waals surface area contributed by atoms with Crippen molar-refractivity contribution in [3.8, 4) is 0 Å². The second-order valence-corrected chi connectivity index (χ2v) is 5.24. The van der Waals surface area contributed by atoms with Gasteiger partial charge in [0.1, 0.15) is 6.04 Å². The van der Waals surface area contributed by atoms with E-state index < -0.39 is 0 Å². The number of rotatable bonds is 5. The Morgan fingerprint density at radius 1 is 1.61 bits per heavy atom. The molecule has 100 valence electrons. The molecule has 0 aliphatic rings. The summed E-state index contributed by atoms with van der Waals surface area (Å²) >= 11 is 0. The predicted molar refractivity (Wildman–Crippen MR) is 73.5 cm³/mol. The lowest BCUT2D eigenvalue weighted by Gasteiger charge is -2.19. The third kappa shape index (κ3) is 3.91. The van der Waals surface area contributed by atoms with Crippen LogP contribution in [-0.2, 0) is 10.3 Å². The molecule has 1 atom stereocenters. The van der Waals surface area contributed by atoms with Crippen molar-refractivity contribution in [2.24, 2.45) is 0 Å². The van der Waals surface area contributed by atoms with Crippen molar-refractivity contribution in [3.63, 3.8) is 0 Å². The number of amides is 1. The molecule has 5 heteroatoms. The lowest BCUT2D eigenvalue weighted by Crippen LogP contribution is -2.37. The molecular weight excluding hydrogens is 228 g/mol. The Bertz CT molecular complexity index is 417. The molecule has 0 radical (unpaired) electrons. The number of anilines is 1. The molecule has 0 aromatic carbocycles.